The van der Waals surface area contributed by atoms with Gasteiger partial charge in [-0.05, 0) is 24.5 Å². The Balaban J connectivity index is 2.40. The molecule has 2 aromatic rings. The van der Waals surface area contributed by atoms with Gasteiger partial charge in [-0.1, -0.05) is 39.7 Å². The topological polar surface area (TPSA) is 43.8 Å². The Morgan fingerprint density at radius 2 is 2.05 bits per heavy atom. The molecule has 1 heterocycles. The lowest BCUT2D eigenvalue weighted by Crippen LogP contribution is -2.07. The van der Waals surface area contributed by atoms with Crippen LogP contribution in [0.3, 0.4) is 0 Å². The largest absolute Gasteiger partial charge is 0.397 e. The van der Waals surface area contributed by atoms with Gasteiger partial charge in [0.15, 0.2) is 0 Å². The maximum atomic E-state index is 6.05. The van der Waals surface area contributed by atoms with E-state index in [1.54, 1.807) is 0 Å². The van der Waals surface area contributed by atoms with Gasteiger partial charge in [-0.3, -0.25) is 0 Å². The number of fused-ring (bicyclic) bond motifs is 1. The number of hydrogen-bond donors (Lipinski definition) is 1. The standard InChI is InChI=1S/C16H25N3/c1-4-5-6-10-19-14-9-7-8-13(17)16(14)18-15(19)11-12(2)3/h7-9,12H,4-6,10-11,17H2,1-3H3. The Morgan fingerprint density at radius 3 is 2.74 bits per heavy atom. The van der Waals surface area contributed by atoms with Gasteiger partial charge in [-0.15, -0.1) is 0 Å². The van der Waals surface area contributed by atoms with Crippen molar-refractivity contribution in [2.24, 2.45) is 5.92 Å². The van der Waals surface area contributed by atoms with E-state index in [-0.39, 0.29) is 0 Å². The number of aryl methyl sites for hydroxylation is 1. The number of aromatic nitrogens is 2. The molecule has 0 fully saturated rings. The van der Waals surface area contributed by atoms with E-state index < -0.39 is 0 Å². The van der Waals surface area contributed by atoms with Crippen LogP contribution in [-0.2, 0) is 13.0 Å². The molecule has 0 unspecified atom stereocenters. The first-order valence-electron chi connectivity index (χ1n) is 7.37. The zero-order valence-corrected chi connectivity index (χ0v) is 12.3. The molecule has 0 amide bonds. The summed E-state index contributed by atoms with van der Waals surface area (Å²) in [6, 6.07) is 6.09. The number of hydrogen-bond acceptors (Lipinski definition) is 2. The van der Waals surface area contributed by atoms with Gasteiger partial charge in [0.25, 0.3) is 0 Å². The summed E-state index contributed by atoms with van der Waals surface area (Å²) < 4.78 is 2.36. The number of anilines is 1. The normalized spacial score (nSPS) is 11.6. The van der Waals surface area contributed by atoms with Crippen molar-refractivity contribution in [2.45, 2.75) is 53.0 Å². The molecule has 0 aliphatic heterocycles. The summed E-state index contributed by atoms with van der Waals surface area (Å²) in [6.07, 6.45) is 4.74. The average molecular weight is 259 g/mol. The van der Waals surface area contributed by atoms with Crippen LogP contribution in [-0.4, -0.2) is 9.55 Å². The van der Waals surface area contributed by atoms with E-state index in [9.17, 15) is 0 Å². The summed E-state index contributed by atoms with van der Waals surface area (Å²) in [5.74, 6) is 1.79. The highest BCUT2D eigenvalue weighted by molar-refractivity contribution is 5.87. The molecular formula is C16H25N3. The molecule has 1 aromatic carbocycles. The molecule has 0 spiro atoms. The average Bonchev–Trinajstić information content (AvgIpc) is 2.69. The predicted octanol–water partition coefficient (Wildman–Crippen LogP) is 4.01. The Morgan fingerprint density at radius 1 is 1.26 bits per heavy atom. The van der Waals surface area contributed by atoms with Crippen molar-refractivity contribution in [3.63, 3.8) is 0 Å². The molecule has 3 nitrogen and oxygen atoms in total. The summed E-state index contributed by atoms with van der Waals surface area (Å²) >= 11 is 0. The summed E-state index contributed by atoms with van der Waals surface area (Å²) in [5.41, 5.74) is 8.99. The number of rotatable bonds is 6. The van der Waals surface area contributed by atoms with Gasteiger partial charge in [0.1, 0.15) is 11.3 Å². The Kier molecular flexibility index (Phi) is 4.46. The fourth-order valence-corrected chi connectivity index (χ4v) is 2.51. The molecule has 2 rings (SSSR count). The third kappa shape index (κ3) is 3.09. The van der Waals surface area contributed by atoms with Crippen LogP contribution in [0.1, 0.15) is 45.9 Å². The van der Waals surface area contributed by atoms with Crippen molar-refractivity contribution in [1.29, 1.82) is 0 Å². The molecule has 0 radical (unpaired) electrons. The number of nitrogens with two attached hydrogens (primary N) is 1. The molecule has 0 aliphatic carbocycles. The highest BCUT2D eigenvalue weighted by atomic mass is 15.1. The summed E-state index contributed by atoms with van der Waals surface area (Å²) in [7, 11) is 0. The third-order valence-corrected chi connectivity index (χ3v) is 3.47. The molecule has 0 saturated heterocycles. The smallest absolute Gasteiger partial charge is 0.112 e. The van der Waals surface area contributed by atoms with Crippen molar-refractivity contribution < 1.29 is 0 Å². The maximum Gasteiger partial charge on any atom is 0.112 e. The second-order valence-corrected chi connectivity index (χ2v) is 5.70. The molecule has 2 N–H and O–H groups in total. The van der Waals surface area contributed by atoms with Gasteiger partial charge >= 0.3 is 0 Å². The van der Waals surface area contributed by atoms with E-state index in [1.165, 1.54) is 30.6 Å². The lowest BCUT2D eigenvalue weighted by atomic mass is 10.1. The highest BCUT2D eigenvalue weighted by Crippen LogP contribution is 2.23. The molecule has 3 heteroatoms. The van der Waals surface area contributed by atoms with E-state index in [0.29, 0.717) is 5.92 Å². The van der Waals surface area contributed by atoms with Gasteiger partial charge in [0.05, 0.1) is 11.2 Å². The van der Waals surface area contributed by atoms with Crippen molar-refractivity contribution in [2.75, 3.05) is 5.73 Å². The highest BCUT2D eigenvalue weighted by Gasteiger charge is 2.13. The number of benzene rings is 1. The van der Waals surface area contributed by atoms with Crippen molar-refractivity contribution in [3.8, 4) is 0 Å². The summed E-state index contributed by atoms with van der Waals surface area (Å²) in [4.78, 5) is 4.77. The monoisotopic (exact) mass is 259 g/mol. The SMILES string of the molecule is CCCCCn1c(CC(C)C)nc2c(N)cccc21. The quantitative estimate of drug-likeness (QED) is 0.629. The van der Waals surface area contributed by atoms with E-state index in [2.05, 4.69) is 31.4 Å². The van der Waals surface area contributed by atoms with E-state index in [0.717, 1.165) is 24.2 Å². The molecule has 1 aromatic heterocycles. The molecule has 0 saturated carbocycles. The van der Waals surface area contributed by atoms with Gasteiger partial charge in [0, 0.05) is 13.0 Å². The first-order valence-corrected chi connectivity index (χ1v) is 7.37. The predicted molar refractivity (Wildman–Crippen MR) is 82.2 cm³/mol. The van der Waals surface area contributed by atoms with Crippen LogP contribution in [0.25, 0.3) is 11.0 Å². The van der Waals surface area contributed by atoms with E-state index in [1.807, 2.05) is 12.1 Å². The van der Waals surface area contributed by atoms with Gasteiger partial charge in [0.2, 0.25) is 0 Å². The van der Waals surface area contributed by atoms with Gasteiger partial charge in [-0.25, -0.2) is 4.98 Å². The molecule has 19 heavy (non-hydrogen) atoms. The van der Waals surface area contributed by atoms with Gasteiger partial charge in [-0.2, -0.15) is 0 Å². The minimum Gasteiger partial charge on any atom is -0.397 e. The zero-order valence-electron chi connectivity index (χ0n) is 12.3. The lowest BCUT2D eigenvalue weighted by Gasteiger charge is -2.10. The van der Waals surface area contributed by atoms with Crippen molar-refractivity contribution >= 4 is 16.7 Å². The van der Waals surface area contributed by atoms with Crippen LogP contribution in [0.4, 0.5) is 5.69 Å². The van der Waals surface area contributed by atoms with Gasteiger partial charge < -0.3 is 10.3 Å². The van der Waals surface area contributed by atoms with E-state index >= 15 is 0 Å². The molecular weight excluding hydrogens is 234 g/mol. The number of unbranched alkanes of at least 4 members (excludes halogenated alkanes) is 2. The first-order chi connectivity index (χ1) is 9.13. The molecule has 0 atom stereocenters. The van der Waals surface area contributed by atoms with Crippen LogP contribution in [0.5, 0.6) is 0 Å². The van der Waals surface area contributed by atoms with Crippen LogP contribution in [0.15, 0.2) is 18.2 Å². The number of nitrogens with zero attached hydrogens (tertiary/aromatic N) is 2. The lowest BCUT2D eigenvalue weighted by molar-refractivity contribution is 0.552. The molecule has 104 valence electrons. The number of para-hydroxylation sites is 1. The second kappa shape index (κ2) is 6.09. The molecule has 0 bridgehead atoms. The molecule has 0 aliphatic rings. The number of nitrogen functional groups attached to an aromatic ring is 1. The third-order valence-electron chi connectivity index (χ3n) is 3.47. The summed E-state index contributed by atoms with van der Waals surface area (Å²) in [5, 5.41) is 0. The van der Waals surface area contributed by atoms with Crippen LogP contribution in [0, 0.1) is 5.92 Å². The maximum absolute atomic E-state index is 6.05. The Hall–Kier alpha value is -1.51. The van der Waals surface area contributed by atoms with E-state index in [4.69, 9.17) is 10.7 Å². The van der Waals surface area contributed by atoms with Crippen LogP contribution in [0.2, 0.25) is 0 Å². The number of imidazole rings is 1. The Bertz CT molecular complexity index is 540. The van der Waals surface area contributed by atoms with Crippen LogP contribution < -0.4 is 5.73 Å². The second-order valence-electron chi connectivity index (χ2n) is 5.70. The Labute approximate surface area is 115 Å². The summed E-state index contributed by atoms with van der Waals surface area (Å²) in [6.45, 7) is 7.76. The zero-order chi connectivity index (χ0) is 13.8. The van der Waals surface area contributed by atoms with Crippen LogP contribution >= 0.6 is 0 Å². The minimum absolute atomic E-state index is 0.614. The fraction of sp³-hybridized carbons (Fsp3) is 0.562. The minimum atomic E-state index is 0.614. The fourth-order valence-electron chi connectivity index (χ4n) is 2.51. The van der Waals surface area contributed by atoms with Crippen molar-refractivity contribution in [3.05, 3.63) is 24.0 Å². The van der Waals surface area contributed by atoms with Crippen molar-refractivity contribution in [1.82, 2.24) is 9.55 Å². The first kappa shape index (κ1) is 13.9.